The van der Waals surface area contributed by atoms with Gasteiger partial charge < -0.3 is 15.3 Å². The van der Waals surface area contributed by atoms with Crippen molar-refractivity contribution in [1.82, 2.24) is 0 Å². The SMILES string of the molecule is CCCCCC(O)/C=C/C1C(CO)CC(=O)C1CCCCCCC(=O)O. The van der Waals surface area contributed by atoms with Crippen molar-refractivity contribution in [2.24, 2.45) is 17.8 Å². The number of carboxylic acid groups (broad SMARTS) is 1. The molecule has 5 nitrogen and oxygen atoms in total. The van der Waals surface area contributed by atoms with E-state index in [1.54, 1.807) is 6.08 Å². The number of aliphatic hydroxyl groups is 2. The van der Waals surface area contributed by atoms with Crippen molar-refractivity contribution in [3.05, 3.63) is 12.2 Å². The summed E-state index contributed by atoms with van der Waals surface area (Å²) >= 11 is 0. The molecule has 0 bridgehead atoms. The molecular formula is C21H36O5. The van der Waals surface area contributed by atoms with Gasteiger partial charge in [-0.25, -0.2) is 0 Å². The van der Waals surface area contributed by atoms with Crippen LogP contribution >= 0.6 is 0 Å². The van der Waals surface area contributed by atoms with E-state index in [2.05, 4.69) is 6.92 Å². The summed E-state index contributed by atoms with van der Waals surface area (Å²) in [7, 11) is 0. The van der Waals surface area contributed by atoms with Crippen molar-refractivity contribution < 1.29 is 24.9 Å². The largest absolute Gasteiger partial charge is 0.481 e. The van der Waals surface area contributed by atoms with Crippen LogP contribution in [0.1, 0.15) is 77.6 Å². The lowest BCUT2D eigenvalue weighted by Gasteiger charge is -2.20. The Bertz CT molecular complexity index is 446. The van der Waals surface area contributed by atoms with Gasteiger partial charge in [0.15, 0.2) is 0 Å². The first-order chi connectivity index (χ1) is 12.5. The molecule has 0 aromatic carbocycles. The second kappa shape index (κ2) is 13.0. The summed E-state index contributed by atoms with van der Waals surface area (Å²) in [5.74, 6) is -0.661. The fourth-order valence-electron chi connectivity index (χ4n) is 3.87. The molecule has 0 spiro atoms. The van der Waals surface area contributed by atoms with Crippen molar-refractivity contribution in [2.45, 2.75) is 83.7 Å². The molecular weight excluding hydrogens is 332 g/mol. The number of hydrogen-bond donors (Lipinski definition) is 3. The van der Waals surface area contributed by atoms with Crippen LogP contribution in [-0.2, 0) is 9.59 Å². The third kappa shape index (κ3) is 8.45. The molecule has 3 N–H and O–H groups in total. The van der Waals surface area contributed by atoms with Crippen LogP contribution in [0.2, 0.25) is 0 Å². The van der Waals surface area contributed by atoms with Gasteiger partial charge in [-0.15, -0.1) is 0 Å². The number of aliphatic hydroxyl groups excluding tert-OH is 2. The molecule has 0 saturated heterocycles. The topological polar surface area (TPSA) is 94.8 Å². The first kappa shape index (κ1) is 22.8. The molecule has 0 aromatic heterocycles. The maximum Gasteiger partial charge on any atom is 0.303 e. The predicted octanol–water partition coefficient (Wildman–Crippen LogP) is 3.72. The van der Waals surface area contributed by atoms with Crippen molar-refractivity contribution in [3.63, 3.8) is 0 Å². The summed E-state index contributed by atoms with van der Waals surface area (Å²) < 4.78 is 0. The summed E-state index contributed by atoms with van der Waals surface area (Å²) in [6.07, 6.45) is 12.0. The molecule has 4 atom stereocenters. The second-order valence-electron chi connectivity index (χ2n) is 7.59. The minimum absolute atomic E-state index is 0.00177. The highest BCUT2D eigenvalue weighted by atomic mass is 16.4. The monoisotopic (exact) mass is 368 g/mol. The van der Waals surface area contributed by atoms with E-state index >= 15 is 0 Å². The molecule has 1 aliphatic rings. The number of carbonyl (C=O) groups excluding carboxylic acids is 1. The summed E-state index contributed by atoms with van der Waals surface area (Å²) in [4.78, 5) is 22.8. The van der Waals surface area contributed by atoms with Crippen LogP contribution in [0.25, 0.3) is 0 Å². The molecule has 26 heavy (non-hydrogen) atoms. The molecule has 0 aromatic rings. The van der Waals surface area contributed by atoms with Gasteiger partial charge in [-0.05, 0) is 31.1 Å². The van der Waals surface area contributed by atoms with Crippen LogP contribution in [-0.4, -0.2) is 39.8 Å². The van der Waals surface area contributed by atoms with E-state index in [1.165, 1.54) is 0 Å². The molecule has 0 aliphatic heterocycles. The third-order valence-electron chi connectivity index (χ3n) is 5.44. The number of allylic oxidation sites excluding steroid dienone is 1. The standard InChI is InChI=1S/C21H36O5/c1-2-3-6-9-17(23)12-13-18-16(15-22)14-20(24)19(18)10-7-4-5-8-11-21(25)26/h12-13,16-19,22-23H,2-11,14-15H2,1H3,(H,25,26)/b13-12+. The predicted molar refractivity (Wildman–Crippen MR) is 102 cm³/mol. The van der Waals surface area contributed by atoms with Gasteiger partial charge in [0.1, 0.15) is 5.78 Å². The quantitative estimate of drug-likeness (QED) is 0.321. The van der Waals surface area contributed by atoms with Gasteiger partial charge in [0, 0.05) is 25.4 Å². The Morgan fingerprint density at radius 1 is 1.19 bits per heavy atom. The van der Waals surface area contributed by atoms with E-state index in [0.717, 1.165) is 51.4 Å². The molecule has 1 aliphatic carbocycles. The fraction of sp³-hybridized carbons (Fsp3) is 0.810. The zero-order valence-electron chi connectivity index (χ0n) is 16.1. The highest BCUT2D eigenvalue weighted by molar-refractivity contribution is 5.84. The number of unbranched alkanes of at least 4 members (excludes halogenated alkanes) is 5. The summed E-state index contributed by atoms with van der Waals surface area (Å²) in [5, 5.41) is 28.3. The lowest BCUT2D eigenvalue weighted by molar-refractivity contribution is -0.137. The lowest BCUT2D eigenvalue weighted by Crippen LogP contribution is -2.18. The van der Waals surface area contributed by atoms with Crippen LogP contribution in [0, 0.1) is 17.8 Å². The van der Waals surface area contributed by atoms with Gasteiger partial charge in [0.2, 0.25) is 0 Å². The summed E-state index contributed by atoms with van der Waals surface area (Å²) in [6, 6.07) is 0. The van der Waals surface area contributed by atoms with E-state index < -0.39 is 12.1 Å². The fourth-order valence-corrected chi connectivity index (χ4v) is 3.87. The Kier molecular flexibility index (Phi) is 11.5. The average Bonchev–Trinajstić information content (AvgIpc) is 2.91. The molecule has 5 heteroatoms. The highest BCUT2D eigenvalue weighted by Crippen LogP contribution is 2.38. The molecule has 150 valence electrons. The lowest BCUT2D eigenvalue weighted by atomic mass is 9.85. The van der Waals surface area contributed by atoms with Crippen molar-refractivity contribution >= 4 is 11.8 Å². The van der Waals surface area contributed by atoms with Gasteiger partial charge in [0.05, 0.1) is 6.10 Å². The number of carboxylic acids is 1. The Hall–Kier alpha value is -1.20. The average molecular weight is 369 g/mol. The first-order valence-electron chi connectivity index (χ1n) is 10.2. The zero-order chi connectivity index (χ0) is 19.4. The van der Waals surface area contributed by atoms with E-state index in [4.69, 9.17) is 5.11 Å². The summed E-state index contributed by atoms with van der Waals surface area (Å²) in [5.41, 5.74) is 0. The van der Waals surface area contributed by atoms with Crippen LogP contribution in [0.3, 0.4) is 0 Å². The number of rotatable bonds is 14. The van der Waals surface area contributed by atoms with Gasteiger partial charge in [0.25, 0.3) is 0 Å². The number of hydrogen-bond acceptors (Lipinski definition) is 4. The zero-order valence-corrected chi connectivity index (χ0v) is 16.1. The Morgan fingerprint density at radius 3 is 2.58 bits per heavy atom. The minimum atomic E-state index is -0.760. The molecule has 1 rings (SSSR count). The normalized spacial score (nSPS) is 24.4. The number of aliphatic carboxylic acids is 1. The number of Topliss-reactive ketones (excluding diaryl/α,β-unsaturated/α-hetero) is 1. The molecule has 4 unspecified atom stereocenters. The molecule has 0 amide bonds. The highest BCUT2D eigenvalue weighted by Gasteiger charge is 2.39. The Labute approximate surface area is 157 Å². The molecule has 1 saturated carbocycles. The molecule has 0 heterocycles. The Balaban J connectivity index is 2.47. The smallest absolute Gasteiger partial charge is 0.303 e. The van der Waals surface area contributed by atoms with Crippen molar-refractivity contribution in [2.75, 3.05) is 6.61 Å². The number of ketones is 1. The maximum absolute atomic E-state index is 12.3. The molecule has 0 radical (unpaired) electrons. The van der Waals surface area contributed by atoms with Crippen LogP contribution in [0.15, 0.2) is 12.2 Å². The summed E-state index contributed by atoms with van der Waals surface area (Å²) in [6.45, 7) is 2.13. The van der Waals surface area contributed by atoms with Gasteiger partial charge >= 0.3 is 5.97 Å². The Morgan fingerprint density at radius 2 is 1.92 bits per heavy atom. The van der Waals surface area contributed by atoms with Crippen molar-refractivity contribution in [3.8, 4) is 0 Å². The van der Waals surface area contributed by atoms with E-state index in [0.29, 0.717) is 12.8 Å². The minimum Gasteiger partial charge on any atom is -0.481 e. The maximum atomic E-state index is 12.3. The van der Waals surface area contributed by atoms with Gasteiger partial charge in [-0.1, -0.05) is 57.6 Å². The van der Waals surface area contributed by atoms with Gasteiger partial charge in [-0.2, -0.15) is 0 Å². The van der Waals surface area contributed by atoms with Crippen LogP contribution in [0.4, 0.5) is 0 Å². The van der Waals surface area contributed by atoms with E-state index in [9.17, 15) is 19.8 Å². The van der Waals surface area contributed by atoms with Gasteiger partial charge in [-0.3, -0.25) is 9.59 Å². The third-order valence-corrected chi connectivity index (χ3v) is 5.44. The van der Waals surface area contributed by atoms with Crippen molar-refractivity contribution in [1.29, 1.82) is 0 Å². The van der Waals surface area contributed by atoms with E-state index in [1.807, 2.05) is 6.08 Å². The van der Waals surface area contributed by atoms with Crippen LogP contribution in [0.5, 0.6) is 0 Å². The second-order valence-corrected chi connectivity index (χ2v) is 7.59. The number of carbonyl (C=O) groups is 2. The van der Waals surface area contributed by atoms with Crippen LogP contribution < -0.4 is 0 Å². The first-order valence-corrected chi connectivity index (χ1v) is 10.2. The molecule has 1 fully saturated rings. The van der Waals surface area contributed by atoms with E-state index in [-0.39, 0.29) is 36.6 Å².